The number of nitrogens with zero attached hydrogens (tertiary/aromatic N) is 1. The third-order valence-corrected chi connectivity index (χ3v) is 3.47. The summed E-state index contributed by atoms with van der Waals surface area (Å²) in [5.74, 6) is -0.0712. The first kappa shape index (κ1) is 19.6. The van der Waals surface area contributed by atoms with Crippen molar-refractivity contribution < 1.29 is 10.3 Å². The lowest BCUT2D eigenvalue weighted by Crippen LogP contribution is -2.27. The van der Waals surface area contributed by atoms with Gasteiger partial charge in [0.2, 0.25) is 5.91 Å². The maximum atomic E-state index is 12.0. The van der Waals surface area contributed by atoms with Gasteiger partial charge in [-0.25, -0.2) is 0 Å². The van der Waals surface area contributed by atoms with Crippen molar-refractivity contribution in [2.24, 2.45) is 0 Å². The van der Waals surface area contributed by atoms with E-state index >= 15 is 0 Å². The van der Waals surface area contributed by atoms with Crippen LogP contribution in [0.3, 0.4) is 0 Å². The number of fused-ring (bicyclic) bond motifs is 3. The third kappa shape index (κ3) is 3.91. The summed E-state index contributed by atoms with van der Waals surface area (Å²) in [4.78, 5) is 28.6. The van der Waals surface area contributed by atoms with Gasteiger partial charge in [-0.2, -0.15) is 0 Å². The van der Waals surface area contributed by atoms with Crippen LogP contribution in [0.2, 0.25) is 0 Å². The van der Waals surface area contributed by atoms with Crippen molar-refractivity contribution in [3.05, 3.63) is 52.8 Å². The molecule has 128 valence electrons. The minimum absolute atomic E-state index is 0. The Hall–Kier alpha value is -2.41. The normalized spacial score (nSPS) is 10.3. The first-order valence-electron chi connectivity index (χ1n) is 7.04. The van der Waals surface area contributed by atoms with Gasteiger partial charge in [0.25, 0.3) is 5.56 Å². The first-order valence-corrected chi connectivity index (χ1v) is 7.04. The molecule has 0 saturated heterocycles. The van der Waals surface area contributed by atoms with Crippen molar-refractivity contribution in [2.45, 2.75) is 0 Å². The van der Waals surface area contributed by atoms with E-state index < -0.39 is 0 Å². The number of amides is 1. The number of H-pyrrole nitrogens is 1. The molecule has 1 amide bonds. The third-order valence-electron chi connectivity index (χ3n) is 3.47. The van der Waals surface area contributed by atoms with Crippen molar-refractivity contribution in [3.63, 3.8) is 0 Å². The number of benzene rings is 2. The van der Waals surface area contributed by atoms with Gasteiger partial charge in [-0.15, -0.1) is 12.4 Å². The van der Waals surface area contributed by atoms with Gasteiger partial charge in [-0.1, -0.05) is 18.2 Å². The van der Waals surface area contributed by atoms with E-state index in [4.69, 9.17) is 0 Å². The Morgan fingerprint density at radius 2 is 1.75 bits per heavy atom. The lowest BCUT2D eigenvalue weighted by Gasteiger charge is -2.11. The smallest absolute Gasteiger partial charge is 0.256 e. The van der Waals surface area contributed by atoms with E-state index in [2.05, 4.69) is 10.3 Å². The Balaban J connectivity index is 0.00000144. The highest BCUT2D eigenvalue weighted by atomic mass is 35.5. The number of aromatic nitrogens is 1. The number of nitrogens with one attached hydrogen (secondary N) is 2. The second-order valence-electron chi connectivity index (χ2n) is 5.55. The molecule has 24 heavy (non-hydrogen) atoms. The summed E-state index contributed by atoms with van der Waals surface area (Å²) in [6.07, 6.45) is 0. The zero-order chi connectivity index (χ0) is 15.7. The van der Waals surface area contributed by atoms with Gasteiger partial charge < -0.3 is 20.7 Å². The van der Waals surface area contributed by atoms with E-state index in [9.17, 15) is 9.59 Å². The van der Waals surface area contributed by atoms with Crippen molar-refractivity contribution in [1.29, 1.82) is 0 Å². The van der Waals surface area contributed by atoms with Crippen LogP contribution in [0.25, 0.3) is 21.7 Å². The highest BCUT2D eigenvalue weighted by Gasteiger charge is 2.07. The number of hydrogen-bond donors (Lipinski definition) is 2. The van der Waals surface area contributed by atoms with Crippen LogP contribution in [0, 0.1) is 0 Å². The second kappa shape index (κ2) is 7.92. The molecule has 0 fully saturated rings. The average molecular weight is 350 g/mol. The molecule has 0 aliphatic rings. The highest BCUT2D eigenvalue weighted by molar-refractivity contribution is 6.07. The molecule has 1 aromatic heterocycles. The zero-order valence-corrected chi connectivity index (χ0v) is 14.2. The largest absolute Gasteiger partial charge is 0.412 e. The monoisotopic (exact) mass is 349 g/mol. The minimum atomic E-state index is -0.104. The number of likely N-dealkylation sites (N-methyl/N-ethyl adjacent to an activating group) is 1. The van der Waals surface area contributed by atoms with Crippen molar-refractivity contribution in [2.75, 3.05) is 26.0 Å². The van der Waals surface area contributed by atoms with E-state index in [0.717, 1.165) is 22.0 Å². The topological polar surface area (TPSA) is 96.7 Å². The Morgan fingerprint density at radius 1 is 1.08 bits per heavy atom. The quantitative estimate of drug-likeness (QED) is 0.705. The van der Waals surface area contributed by atoms with Crippen molar-refractivity contribution >= 4 is 45.7 Å². The van der Waals surface area contributed by atoms with Crippen LogP contribution in [0.1, 0.15) is 0 Å². The number of carbonyl (C=O) groups is 1. The van der Waals surface area contributed by atoms with E-state index in [1.807, 2.05) is 49.3 Å². The molecule has 0 spiro atoms. The molecule has 0 radical (unpaired) electrons. The lowest BCUT2D eigenvalue weighted by molar-refractivity contribution is -0.116. The summed E-state index contributed by atoms with van der Waals surface area (Å²) in [6.45, 7) is 0.324. The number of rotatable bonds is 3. The molecule has 3 aromatic rings. The number of carbonyl (C=O) groups excluding carboxylic acids is 1. The number of hydrogen-bond acceptors (Lipinski definition) is 3. The fraction of sp³-hybridized carbons (Fsp3) is 0.176. The van der Waals surface area contributed by atoms with Crippen molar-refractivity contribution in [3.8, 4) is 0 Å². The van der Waals surface area contributed by atoms with E-state index in [-0.39, 0.29) is 29.3 Å². The summed E-state index contributed by atoms with van der Waals surface area (Å²) in [5.41, 5.74) is 1.37. The summed E-state index contributed by atoms with van der Waals surface area (Å²) >= 11 is 0. The average Bonchev–Trinajstić information content (AvgIpc) is 2.47. The second-order valence-corrected chi connectivity index (χ2v) is 5.55. The molecule has 3 rings (SSSR count). The summed E-state index contributed by atoms with van der Waals surface area (Å²) in [5, 5.41) is 5.31. The first-order chi connectivity index (χ1) is 10.5. The SMILES string of the molecule is CN(C)CC(=O)Nc1ccc2[nH]c(=O)c3ccccc3c2c1.Cl.O. The molecule has 6 nitrogen and oxygen atoms in total. The number of pyridine rings is 1. The molecule has 0 unspecified atom stereocenters. The van der Waals surface area contributed by atoms with E-state index in [1.165, 1.54) is 0 Å². The van der Waals surface area contributed by atoms with Gasteiger partial charge in [0.15, 0.2) is 0 Å². The van der Waals surface area contributed by atoms with Gasteiger partial charge in [0.1, 0.15) is 0 Å². The predicted molar refractivity (Wildman–Crippen MR) is 100 cm³/mol. The van der Waals surface area contributed by atoms with Gasteiger partial charge in [0, 0.05) is 22.0 Å². The van der Waals surface area contributed by atoms with Crippen LogP contribution in [0.5, 0.6) is 0 Å². The summed E-state index contributed by atoms with van der Waals surface area (Å²) < 4.78 is 0. The molecule has 1 heterocycles. The molecular formula is C17H20ClN3O3. The number of halogens is 1. The van der Waals surface area contributed by atoms with Gasteiger partial charge >= 0.3 is 0 Å². The van der Waals surface area contributed by atoms with E-state index in [0.29, 0.717) is 11.9 Å². The molecular weight excluding hydrogens is 330 g/mol. The molecule has 0 aliphatic heterocycles. The Bertz CT molecular complexity index is 922. The molecule has 2 aromatic carbocycles. The highest BCUT2D eigenvalue weighted by Crippen LogP contribution is 2.24. The standard InChI is InChI=1S/C17H17N3O2.ClH.H2O/c1-20(2)10-16(21)18-11-7-8-15-14(9-11)12-5-3-4-6-13(12)17(22)19-15;;/h3-9H,10H2,1-2H3,(H,18,21)(H,19,22);1H;1H2. The van der Waals surface area contributed by atoms with Gasteiger partial charge in [0.05, 0.1) is 6.54 Å². The van der Waals surface area contributed by atoms with Gasteiger partial charge in [-0.3, -0.25) is 9.59 Å². The Morgan fingerprint density at radius 3 is 2.42 bits per heavy atom. The lowest BCUT2D eigenvalue weighted by atomic mass is 10.1. The van der Waals surface area contributed by atoms with Crippen LogP contribution < -0.4 is 10.9 Å². The Labute approximate surface area is 145 Å². The molecule has 0 aliphatic carbocycles. The van der Waals surface area contributed by atoms with Crippen LogP contribution >= 0.6 is 12.4 Å². The predicted octanol–water partition coefficient (Wildman–Crippen LogP) is 1.78. The minimum Gasteiger partial charge on any atom is -0.412 e. The summed E-state index contributed by atoms with van der Waals surface area (Å²) in [7, 11) is 3.69. The fourth-order valence-electron chi connectivity index (χ4n) is 2.55. The van der Waals surface area contributed by atoms with Crippen molar-refractivity contribution in [1.82, 2.24) is 9.88 Å². The maximum absolute atomic E-state index is 12.0. The van der Waals surface area contributed by atoms with Crippen LogP contribution in [-0.2, 0) is 4.79 Å². The van der Waals surface area contributed by atoms with Gasteiger partial charge in [-0.05, 0) is 43.7 Å². The van der Waals surface area contributed by atoms with Crippen LogP contribution in [0.4, 0.5) is 5.69 Å². The Kier molecular flexibility index (Phi) is 6.48. The van der Waals surface area contributed by atoms with E-state index in [1.54, 1.807) is 12.1 Å². The van der Waals surface area contributed by atoms with Crippen LogP contribution in [-0.4, -0.2) is 41.9 Å². The number of anilines is 1. The summed E-state index contributed by atoms with van der Waals surface area (Å²) in [6, 6.07) is 12.9. The molecule has 0 bridgehead atoms. The maximum Gasteiger partial charge on any atom is 0.256 e. The molecule has 0 atom stereocenters. The van der Waals surface area contributed by atoms with Crippen LogP contribution in [0.15, 0.2) is 47.3 Å². The molecule has 0 saturated carbocycles. The zero-order valence-electron chi connectivity index (χ0n) is 13.4. The number of aromatic amines is 1. The molecule has 7 heteroatoms. The molecule has 4 N–H and O–H groups in total. The fourth-order valence-corrected chi connectivity index (χ4v) is 2.55.